The molecule has 0 atom stereocenters. The van der Waals surface area contributed by atoms with Gasteiger partial charge in [0.05, 0.1) is 18.2 Å². The maximum Gasteiger partial charge on any atom is 0.243 e. The van der Waals surface area contributed by atoms with Crippen LogP contribution in [0.5, 0.6) is 0 Å². The Hall–Kier alpha value is -2.35. The number of hydrogen-bond acceptors (Lipinski definition) is 3. The van der Waals surface area contributed by atoms with Crippen LogP contribution in [0.1, 0.15) is 31.2 Å². The predicted molar refractivity (Wildman–Crippen MR) is 74.8 cm³/mol. The number of anilines is 1. The average molecular weight is 271 g/mol. The molecule has 1 aromatic rings. The van der Waals surface area contributed by atoms with Crippen molar-refractivity contribution < 1.29 is 9.59 Å². The van der Waals surface area contributed by atoms with Crippen LogP contribution in [0.4, 0.5) is 5.69 Å². The van der Waals surface area contributed by atoms with Crippen molar-refractivity contribution in [1.82, 2.24) is 4.90 Å². The molecule has 104 valence electrons. The molecule has 20 heavy (non-hydrogen) atoms. The molecule has 5 heteroatoms. The number of benzene rings is 1. The summed E-state index contributed by atoms with van der Waals surface area (Å²) in [4.78, 5) is 25.4. The van der Waals surface area contributed by atoms with Crippen molar-refractivity contribution in [1.29, 1.82) is 5.26 Å². The van der Waals surface area contributed by atoms with Gasteiger partial charge in [-0.3, -0.25) is 9.59 Å². The third-order valence-electron chi connectivity index (χ3n) is 3.28. The van der Waals surface area contributed by atoms with Gasteiger partial charge in [-0.25, -0.2) is 0 Å². The van der Waals surface area contributed by atoms with E-state index in [-0.39, 0.29) is 18.4 Å². The molecular weight excluding hydrogens is 254 g/mol. The summed E-state index contributed by atoms with van der Waals surface area (Å²) in [6, 6.07) is 8.75. The van der Waals surface area contributed by atoms with Gasteiger partial charge in [-0.15, -0.1) is 0 Å². The summed E-state index contributed by atoms with van der Waals surface area (Å²) < 4.78 is 0. The highest BCUT2D eigenvalue weighted by Gasteiger charge is 2.19. The first-order valence-corrected chi connectivity index (χ1v) is 6.77. The standard InChI is InChI=1S/C15H17N3O2/c16-10-12-5-4-6-13(9-12)17-14(19)11-18-8-3-1-2-7-15(18)20/h4-6,9H,1-3,7-8,11H2,(H,17,19). The quantitative estimate of drug-likeness (QED) is 0.912. The second-order valence-electron chi connectivity index (χ2n) is 4.87. The van der Waals surface area contributed by atoms with Gasteiger partial charge in [0, 0.05) is 18.7 Å². The van der Waals surface area contributed by atoms with E-state index in [9.17, 15) is 9.59 Å². The van der Waals surface area contributed by atoms with Gasteiger partial charge in [-0.2, -0.15) is 5.26 Å². The Morgan fingerprint density at radius 2 is 2.20 bits per heavy atom. The fourth-order valence-corrected chi connectivity index (χ4v) is 2.25. The average Bonchev–Trinajstić information content (AvgIpc) is 2.64. The smallest absolute Gasteiger partial charge is 0.243 e. The van der Waals surface area contributed by atoms with E-state index in [0.717, 1.165) is 19.3 Å². The topological polar surface area (TPSA) is 73.2 Å². The Morgan fingerprint density at radius 1 is 1.35 bits per heavy atom. The van der Waals surface area contributed by atoms with Crippen molar-refractivity contribution in [3.8, 4) is 6.07 Å². The Bertz CT molecular complexity index is 548. The third kappa shape index (κ3) is 3.82. The zero-order valence-electron chi connectivity index (χ0n) is 11.3. The molecule has 0 spiro atoms. The summed E-state index contributed by atoms with van der Waals surface area (Å²) >= 11 is 0. The molecule has 0 aliphatic carbocycles. The van der Waals surface area contributed by atoms with Crippen LogP contribution in [-0.2, 0) is 9.59 Å². The van der Waals surface area contributed by atoms with E-state index >= 15 is 0 Å². The zero-order valence-corrected chi connectivity index (χ0v) is 11.3. The lowest BCUT2D eigenvalue weighted by Gasteiger charge is -2.19. The highest BCUT2D eigenvalue weighted by Crippen LogP contribution is 2.12. The number of carbonyl (C=O) groups excluding carboxylic acids is 2. The van der Waals surface area contributed by atoms with Crippen LogP contribution in [0, 0.1) is 11.3 Å². The van der Waals surface area contributed by atoms with Crippen LogP contribution < -0.4 is 5.32 Å². The number of nitriles is 1. The summed E-state index contributed by atoms with van der Waals surface area (Å²) in [5.74, 6) is -0.182. The van der Waals surface area contributed by atoms with Crippen LogP contribution in [0.15, 0.2) is 24.3 Å². The monoisotopic (exact) mass is 271 g/mol. The summed E-state index contributed by atoms with van der Waals surface area (Å²) in [5.41, 5.74) is 1.07. The van der Waals surface area contributed by atoms with E-state index < -0.39 is 0 Å². The van der Waals surface area contributed by atoms with Crippen molar-refractivity contribution in [2.24, 2.45) is 0 Å². The fraction of sp³-hybridized carbons (Fsp3) is 0.400. The number of nitrogens with one attached hydrogen (secondary N) is 1. The van der Waals surface area contributed by atoms with Gasteiger partial charge < -0.3 is 10.2 Å². The molecule has 0 aromatic heterocycles. The number of likely N-dealkylation sites (tertiary alicyclic amines) is 1. The molecule has 1 aliphatic heterocycles. The summed E-state index contributed by atoms with van der Waals surface area (Å²) in [5, 5.41) is 11.5. The Morgan fingerprint density at radius 3 is 3.00 bits per heavy atom. The third-order valence-corrected chi connectivity index (χ3v) is 3.28. The molecule has 0 bridgehead atoms. The van der Waals surface area contributed by atoms with Crippen LogP contribution in [-0.4, -0.2) is 29.8 Å². The van der Waals surface area contributed by atoms with Crippen molar-refractivity contribution >= 4 is 17.5 Å². The van der Waals surface area contributed by atoms with Gasteiger partial charge in [0.1, 0.15) is 0 Å². The molecule has 1 aliphatic rings. The Balaban J connectivity index is 1.94. The van der Waals surface area contributed by atoms with Crippen LogP contribution in [0.3, 0.4) is 0 Å². The zero-order chi connectivity index (χ0) is 14.4. The highest BCUT2D eigenvalue weighted by atomic mass is 16.2. The second kappa shape index (κ2) is 6.71. The molecule has 1 aromatic carbocycles. The van der Waals surface area contributed by atoms with Crippen molar-refractivity contribution in [2.45, 2.75) is 25.7 Å². The minimum Gasteiger partial charge on any atom is -0.333 e. The predicted octanol–water partition coefficient (Wildman–Crippen LogP) is 1.90. The summed E-state index contributed by atoms with van der Waals surface area (Å²) in [6.45, 7) is 0.722. The highest BCUT2D eigenvalue weighted by molar-refractivity contribution is 5.94. The number of nitrogens with zero attached hydrogens (tertiary/aromatic N) is 2. The van der Waals surface area contributed by atoms with Gasteiger partial charge in [0.2, 0.25) is 11.8 Å². The lowest BCUT2D eigenvalue weighted by Crippen LogP contribution is -2.37. The molecule has 1 heterocycles. The molecule has 1 saturated heterocycles. The first-order valence-electron chi connectivity index (χ1n) is 6.77. The van der Waals surface area contributed by atoms with E-state index in [1.807, 2.05) is 6.07 Å². The number of carbonyl (C=O) groups is 2. The van der Waals surface area contributed by atoms with Crippen molar-refractivity contribution in [2.75, 3.05) is 18.4 Å². The fourth-order valence-electron chi connectivity index (χ4n) is 2.25. The molecule has 0 radical (unpaired) electrons. The molecule has 2 amide bonds. The van der Waals surface area contributed by atoms with Gasteiger partial charge in [0.25, 0.3) is 0 Å². The lowest BCUT2D eigenvalue weighted by molar-refractivity contribution is -0.134. The van der Waals surface area contributed by atoms with Crippen LogP contribution in [0.25, 0.3) is 0 Å². The Labute approximate surface area is 118 Å². The molecular formula is C15H17N3O2. The molecule has 2 rings (SSSR count). The summed E-state index contributed by atoms with van der Waals surface area (Å²) in [6.07, 6.45) is 3.41. The molecule has 1 fully saturated rings. The number of hydrogen-bond donors (Lipinski definition) is 1. The lowest BCUT2D eigenvalue weighted by atomic mass is 10.2. The minimum atomic E-state index is -0.227. The van der Waals surface area contributed by atoms with Gasteiger partial charge in [-0.05, 0) is 31.0 Å². The second-order valence-corrected chi connectivity index (χ2v) is 4.87. The van der Waals surface area contributed by atoms with E-state index in [4.69, 9.17) is 5.26 Å². The van der Waals surface area contributed by atoms with Gasteiger partial charge in [0.15, 0.2) is 0 Å². The van der Waals surface area contributed by atoms with E-state index in [1.54, 1.807) is 29.2 Å². The first kappa shape index (κ1) is 14.1. The van der Waals surface area contributed by atoms with Crippen LogP contribution >= 0.6 is 0 Å². The number of amides is 2. The van der Waals surface area contributed by atoms with Gasteiger partial charge >= 0.3 is 0 Å². The van der Waals surface area contributed by atoms with E-state index in [0.29, 0.717) is 24.2 Å². The maximum absolute atomic E-state index is 12.0. The SMILES string of the molecule is N#Cc1cccc(NC(=O)CN2CCCCCC2=O)c1. The first-order chi connectivity index (χ1) is 9.69. The largest absolute Gasteiger partial charge is 0.333 e. The molecule has 0 unspecified atom stereocenters. The number of rotatable bonds is 3. The molecule has 1 N–H and O–H groups in total. The van der Waals surface area contributed by atoms with Crippen LogP contribution in [0.2, 0.25) is 0 Å². The van der Waals surface area contributed by atoms with Gasteiger partial charge in [-0.1, -0.05) is 12.5 Å². The molecule has 5 nitrogen and oxygen atoms in total. The van der Waals surface area contributed by atoms with Crippen molar-refractivity contribution in [3.05, 3.63) is 29.8 Å². The molecule has 0 saturated carbocycles. The van der Waals surface area contributed by atoms with E-state index in [1.165, 1.54) is 0 Å². The normalized spacial score (nSPS) is 15.3. The van der Waals surface area contributed by atoms with E-state index in [2.05, 4.69) is 5.32 Å². The van der Waals surface area contributed by atoms with Crippen molar-refractivity contribution in [3.63, 3.8) is 0 Å². The minimum absolute atomic E-state index is 0.0448. The summed E-state index contributed by atoms with van der Waals surface area (Å²) in [7, 11) is 0. The Kier molecular flexibility index (Phi) is 4.72. The maximum atomic E-state index is 12.0.